The molecule has 0 amide bonds. The highest BCUT2D eigenvalue weighted by Gasteiger charge is 2.09. The topological polar surface area (TPSA) is 36.0 Å². The lowest BCUT2D eigenvalue weighted by Gasteiger charge is -2.04. The van der Waals surface area contributed by atoms with Crippen LogP contribution in [0.3, 0.4) is 0 Å². The monoisotopic (exact) mass is 335 g/mol. The molecule has 2 aromatic carbocycles. The molecule has 0 fully saturated rings. The first kappa shape index (κ1) is 10.7. The van der Waals surface area contributed by atoms with Crippen LogP contribution in [-0.4, -0.2) is 10.1 Å². The fourth-order valence-corrected chi connectivity index (χ4v) is 2.51. The highest BCUT2D eigenvalue weighted by molar-refractivity contribution is 14.1. The van der Waals surface area contributed by atoms with Gasteiger partial charge < -0.3 is 10.1 Å². The lowest BCUT2D eigenvalue weighted by atomic mass is 10.0. The van der Waals surface area contributed by atoms with Crippen molar-refractivity contribution in [3.05, 3.63) is 52.2 Å². The van der Waals surface area contributed by atoms with Crippen molar-refractivity contribution in [1.29, 1.82) is 0 Å². The third-order valence-electron chi connectivity index (χ3n) is 2.84. The van der Waals surface area contributed by atoms with E-state index in [-0.39, 0.29) is 0 Å². The van der Waals surface area contributed by atoms with Crippen molar-refractivity contribution in [3.8, 4) is 16.9 Å². The Labute approximate surface area is 112 Å². The van der Waals surface area contributed by atoms with Gasteiger partial charge in [-0.1, -0.05) is 18.2 Å². The quantitative estimate of drug-likeness (QED) is 0.644. The number of benzene rings is 2. The van der Waals surface area contributed by atoms with Crippen LogP contribution in [0.1, 0.15) is 0 Å². The number of phenols is 1. The smallest absolute Gasteiger partial charge is 0.123 e. The first-order valence-corrected chi connectivity index (χ1v) is 6.38. The molecule has 0 spiro atoms. The SMILES string of the molecule is Oc1ccc(I)cc1-c1c[nH]c2ccccc12. The number of fused-ring (bicyclic) bond motifs is 1. The van der Waals surface area contributed by atoms with Crippen LogP contribution in [0.5, 0.6) is 5.75 Å². The van der Waals surface area contributed by atoms with Crippen LogP contribution in [0.25, 0.3) is 22.0 Å². The zero-order chi connectivity index (χ0) is 11.8. The molecule has 1 heterocycles. The van der Waals surface area contributed by atoms with Gasteiger partial charge in [0.15, 0.2) is 0 Å². The van der Waals surface area contributed by atoms with Crippen LogP contribution in [-0.2, 0) is 0 Å². The van der Waals surface area contributed by atoms with E-state index in [1.807, 2.05) is 36.5 Å². The lowest BCUT2D eigenvalue weighted by molar-refractivity contribution is 0.477. The minimum atomic E-state index is 0.315. The van der Waals surface area contributed by atoms with Crippen molar-refractivity contribution in [2.45, 2.75) is 0 Å². The summed E-state index contributed by atoms with van der Waals surface area (Å²) in [5, 5.41) is 11.1. The van der Waals surface area contributed by atoms with E-state index in [0.29, 0.717) is 5.75 Å². The molecule has 1 aromatic heterocycles. The Bertz CT molecular complexity index is 688. The minimum Gasteiger partial charge on any atom is -0.507 e. The van der Waals surface area contributed by atoms with Crippen molar-refractivity contribution in [3.63, 3.8) is 0 Å². The van der Waals surface area contributed by atoms with Crippen molar-refractivity contribution in [2.75, 3.05) is 0 Å². The molecule has 3 rings (SSSR count). The van der Waals surface area contributed by atoms with E-state index in [4.69, 9.17) is 0 Å². The van der Waals surface area contributed by atoms with Gasteiger partial charge in [-0.2, -0.15) is 0 Å². The molecule has 0 saturated heterocycles. The summed E-state index contributed by atoms with van der Waals surface area (Å²) in [6.07, 6.45) is 1.94. The van der Waals surface area contributed by atoms with Crippen molar-refractivity contribution in [2.24, 2.45) is 0 Å². The first-order valence-electron chi connectivity index (χ1n) is 5.31. The van der Waals surface area contributed by atoms with Gasteiger partial charge in [0.1, 0.15) is 5.75 Å². The largest absolute Gasteiger partial charge is 0.507 e. The zero-order valence-electron chi connectivity index (χ0n) is 8.94. The van der Waals surface area contributed by atoms with Gasteiger partial charge in [0.25, 0.3) is 0 Å². The number of para-hydroxylation sites is 1. The van der Waals surface area contributed by atoms with Crippen LogP contribution in [0, 0.1) is 3.57 Å². The number of aromatic amines is 1. The van der Waals surface area contributed by atoms with E-state index in [1.165, 1.54) is 0 Å². The highest BCUT2D eigenvalue weighted by atomic mass is 127. The van der Waals surface area contributed by atoms with Crippen LogP contribution in [0.15, 0.2) is 48.7 Å². The zero-order valence-corrected chi connectivity index (χ0v) is 11.1. The van der Waals surface area contributed by atoms with Gasteiger partial charge in [0.05, 0.1) is 0 Å². The Morgan fingerprint density at radius 2 is 1.82 bits per heavy atom. The number of aromatic hydroxyl groups is 1. The summed E-state index contributed by atoms with van der Waals surface area (Å²) in [6.45, 7) is 0. The molecule has 0 aliphatic carbocycles. The number of hydrogen-bond donors (Lipinski definition) is 2. The second-order valence-electron chi connectivity index (χ2n) is 3.91. The van der Waals surface area contributed by atoms with Gasteiger partial charge in [0, 0.05) is 31.8 Å². The Morgan fingerprint density at radius 1 is 1.00 bits per heavy atom. The van der Waals surface area contributed by atoms with Crippen molar-refractivity contribution >= 4 is 33.5 Å². The molecule has 0 unspecified atom stereocenters. The Kier molecular flexibility index (Phi) is 2.55. The van der Waals surface area contributed by atoms with Crippen molar-refractivity contribution in [1.82, 2.24) is 4.98 Å². The summed E-state index contributed by atoms with van der Waals surface area (Å²) in [4.78, 5) is 3.22. The number of halogens is 1. The fourth-order valence-electron chi connectivity index (χ4n) is 2.02. The van der Waals surface area contributed by atoms with Gasteiger partial charge in [-0.25, -0.2) is 0 Å². The van der Waals surface area contributed by atoms with E-state index in [0.717, 1.165) is 25.6 Å². The molecular formula is C14H10INO. The summed E-state index contributed by atoms with van der Waals surface area (Å²) < 4.78 is 1.11. The van der Waals surface area contributed by atoms with Crippen LogP contribution in [0.4, 0.5) is 0 Å². The summed E-state index contributed by atoms with van der Waals surface area (Å²) in [7, 11) is 0. The van der Waals surface area contributed by atoms with Crippen LogP contribution in [0.2, 0.25) is 0 Å². The van der Waals surface area contributed by atoms with Gasteiger partial charge in [-0.15, -0.1) is 0 Å². The van der Waals surface area contributed by atoms with Gasteiger partial charge in [-0.05, 0) is 46.9 Å². The number of phenolic OH excluding ortho intramolecular Hbond substituents is 1. The van der Waals surface area contributed by atoms with E-state index < -0.39 is 0 Å². The molecule has 0 radical (unpaired) electrons. The number of aromatic nitrogens is 1. The molecule has 2 nitrogen and oxygen atoms in total. The summed E-state index contributed by atoms with van der Waals surface area (Å²) in [5.74, 6) is 0.315. The third-order valence-corrected chi connectivity index (χ3v) is 3.51. The minimum absolute atomic E-state index is 0.315. The second kappa shape index (κ2) is 4.07. The second-order valence-corrected chi connectivity index (χ2v) is 5.16. The number of H-pyrrole nitrogens is 1. The lowest BCUT2D eigenvalue weighted by Crippen LogP contribution is -1.79. The molecule has 3 aromatic rings. The molecule has 2 N–H and O–H groups in total. The van der Waals surface area contributed by atoms with E-state index in [9.17, 15) is 5.11 Å². The Hall–Kier alpha value is -1.49. The molecule has 17 heavy (non-hydrogen) atoms. The average Bonchev–Trinajstić information content (AvgIpc) is 2.76. The Balaban J connectivity index is 2.31. The first-order chi connectivity index (χ1) is 8.25. The van der Waals surface area contributed by atoms with Crippen molar-refractivity contribution < 1.29 is 5.11 Å². The van der Waals surface area contributed by atoms with Crippen LogP contribution < -0.4 is 0 Å². The van der Waals surface area contributed by atoms with E-state index in [1.54, 1.807) is 6.07 Å². The third kappa shape index (κ3) is 1.80. The highest BCUT2D eigenvalue weighted by Crippen LogP contribution is 2.35. The van der Waals surface area contributed by atoms with E-state index >= 15 is 0 Å². The number of hydrogen-bond acceptors (Lipinski definition) is 1. The molecule has 0 aliphatic rings. The van der Waals surface area contributed by atoms with E-state index in [2.05, 4.69) is 33.6 Å². The Morgan fingerprint density at radius 3 is 2.71 bits per heavy atom. The summed E-state index contributed by atoms with van der Waals surface area (Å²) in [6, 6.07) is 13.7. The summed E-state index contributed by atoms with van der Waals surface area (Å²) in [5.41, 5.74) is 2.99. The standard InChI is InChI=1S/C14H10INO/c15-9-5-6-14(17)11(7-9)12-8-16-13-4-2-1-3-10(12)13/h1-8,16-17H. The molecule has 3 heteroatoms. The van der Waals surface area contributed by atoms with Gasteiger partial charge in [0.2, 0.25) is 0 Å². The maximum atomic E-state index is 9.95. The number of nitrogens with one attached hydrogen (secondary N) is 1. The predicted molar refractivity (Wildman–Crippen MR) is 78.1 cm³/mol. The normalized spacial score (nSPS) is 10.9. The van der Waals surface area contributed by atoms with Gasteiger partial charge >= 0.3 is 0 Å². The van der Waals surface area contributed by atoms with Gasteiger partial charge in [-0.3, -0.25) is 0 Å². The fraction of sp³-hybridized carbons (Fsp3) is 0. The molecule has 0 atom stereocenters. The maximum Gasteiger partial charge on any atom is 0.123 e. The average molecular weight is 335 g/mol. The molecule has 0 aliphatic heterocycles. The molecule has 0 saturated carbocycles. The maximum absolute atomic E-state index is 9.95. The molecular weight excluding hydrogens is 325 g/mol. The summed E-state index contributed by atoms with van der Waals surface area (Å²) >= 11 is 2.25. The predicted octanol–water partition coefficient (Wildman–Crippen LogP) is 4.15. The molecule has 0 bridgehead atoms. The number of rotatable bonds is 1. The molecule has 84 valence electrons. The van der Waals surface area contributed by atoms with Crippen LogP contribution >= 0.6 is 22.6 Å².